The van der Waals surface area contributed by atoms with Gasteiger partial charge < -0.3 is 30.1 Å². The van der Waals surface area contributed by atoms with E-state index in [1.807, 2.05) is 6.92 Å². The van der Waals surface area contributed by atoms with Gasteiger partial charge in [-0.3, -0.25) is 19.3 Å². The third-order valence-electron chi connectivity index (χ3n) is 5.38. The first-order chi connectivity index (χ1) is 14.5. The van der Waals surface area contributed by atoms with Crippen molar-refractivity contribution in [2.24, 2.45) is 5.73 Å². The van der Waals surface area contributed by atoms with Crippen LogP contribution in [-0.2, 0) is 23.9 Å². The van der Waals surface area contributed by atoms with Gasteiger partial charge in [0.25, 0.3) is 0 Å². The van der Waals surface area contributed by atoms with Crippen LogP contribution in [0.2, 0.25) is 0 Å². The number of nitrogens with two attached hydrogens (primary N) is 1. The van der Waals surface area contributed by atoms with E-state index in [-0.39, 0.29) is 18.9 Å². The van der Waals surface area contributed by atoms with Crippen molar-refractivity contribution in [1.29, 1.82) is 0 Å². The van der Waals surface area contributed by atoms with Gasteiger partial charge in [0.05, 0.1) is 32.0 Å². The van der Waals surface area contributed by atoms with Gasteiger partial charge in [-0.15, -0.1) is 0 Å². The topological polar surface area (TPSA) is 126 Å². The molecular formula is C21H40N4O6. The molecule has 3 N–H and O–H groups in total. The Kier molecular flexibility index (Phi) is 11.4. The van der Waals surface area contributed by atoms with E-state index in [0.717, 1.165) is 13.1 Å². The Balaban J connectivity index is 2.85. The molecule has 0 spiro atoms. The molecule has 1 aliphatic rings. The maximum absolute atomic E-state index is 13.3. The summed E-state index contributed by atoms with van der Waals surface area (Å²) in [6.45, 7) is 9.15. The molecule has 0 saturated carbocycles. The van der Waals surface area contributed by atoms with E-state index in [0.29, 0.717) is 39.2 Å². The summed E-state index contributed by atoms with van der Waals surface area (Å²) in [5.74, 6) is -1.34. The molecular weight excluding hydrogens is 404 g/mol. The highest BCUT2D eigenvalue weighted by Crippen LogP contribution is 2.17. The fourth-order valence-corrected chi connectivity index (χ4v) is 3.42. The average Bonchev–Trinajstić information content (AvgIpc) is 2.70. The maximum atomic E-state index is 13.3. The highest BCUT2D eigenvalue weighted by atomic mass is 16.5. The van der Waals surface area contributed by atoms with Crippen LogP contribution >= 0.6 is 0 Å². The lowest BCUT2D eigenvalue weighted by Gasteiger charge is -2.35. The maximum Gasteiger partial charge on any atom is 0.248 e. The van der Waals surface area contributed by atoms with E-state index in [4.69, 9.17) is 15.2 Å². The minimum atomic E-state index is -1.19. The van der Waals surface area contributed by atoms with Crippen molar-refractivity contribution in [3.8, 4) is 0 Å². The molecule has 0 bridgehead atoms. The molecule has 0 unspecified atom stereocenters. The van der Waals surface area contributed by atoms with E-state index in [1.165, 1.54) is 16.8 Å². The quantitative estimate of drug-likeness (QED) is 0.365. The highest BCUT2D eigenvalue weighted by molar-refractivity contribution is 5.91. The third kappa shape index (κ3) is 9.51. The zero-order valence-corrected chi connectivity index (χ0v) is 19.6. The molecule has 1 saturated heterocycles. The number of amides is 3. The minimum absolute atomic E-state index is 0.00741. The fraction of sp³-hybridized carbons (Fsp3) is 0.857. The first-order valence-corrected chi connectivity index (χ1v) is 10.9. The van der Waals surface area contributed by atoms with Crippen LogP contribution in [-0.4, -0.2) is 115 Å². The predicted octanol–water partition coefficient (Wildman–Crippen LogP) is -0.564. The van der Waals surface area contributed by atoms with Crippen LogP contribution < -0.4 is 5.73 Å². The Bertz CT molecular complexity index is 589. The predicted molar refractivity (Wildman–Crippen MR) is 116 cm³/mol. The van der Waals surface area contributed by atoms with Crippen LogP contribution in [0.15, 0.2) is 0 Å². The summed E-state index contributed by atoms with van der Waals surface area (Å²) in [6.07, 6.45) is 0.947. The Morgan fingerprint density at radius 2 is 1.77 bits per heavy atom. The van der Waals surface area contributed by atoms with Crippen LogP contribution in [0.5, 0.6) is 0 Å². The first-order valence-electron chi connectivity index (χ1n) is 10.9. The Hall–Kier alpha value is -1.75. The number of primary amides is 1. The molecule has 10 heteroatoms. The Labute approximate surface area is 185 Å². The number of hydrogen-bond acceptors (Lipinski definition) is 7. The van der Waals surface area contributed by atoms with Crippen molar-refractivity contribution in [1.82, 2.24) is 14.7 Å². The summed E-state index contributed by atoms with van der Waals surface area (Å²) in [5, 5.41) is 10.1. The summed E-state index contributed by atoms with van der Waals surface area (Å²) < 4.78 is 11.1. The molecule has 1 heterocycles. The third-order valence-corrected chi connectivity index (χ3v) is 5.38. The van der Waals surface area contributed by atoms with Gasteiger partial charge in [-0.2, -0.15) is 0 Å². The van der Waals surface area contributed by atoms with Crippen LogP contribution in [0.3, 0.4) is 0 Å². The molecule has 0 aromatic heterocycles. The summed E-state index contributed by atoms with van der Waals surface area (Å²) in [6, 6.07) is -1.89. The number of carbonyl (C=O) groups excluding carboxylic acids is 3. The van der Waals surface area contributed by atoms with Gasteiger partial charge in [0.15, 0.2) is 0 Å². The second kappa shape index (κ2) is 12.9. The smallest absolute Gasteiger partial charge is 0.248 e. The van der Waals surface area contributed by atoms with E-state index in [2.05, 4.69) is 4.90 Å². The normalized spacial score (nSPS) is 17.1. The zero-order valence-electron chi connectivity index (χ0n) is 19.6. The summed E-state index contributed by atoms with van der Waals surface area (Å²) in [5.41, 5.74) is 4.31. The van der Waals surface area contributed by atoms with Crippen molar-refractivity contribution < 1.29 is 29.0 Å². The van der Waals surface area contributed by atoms with Crippen molar-refractivity contribution in [2.45, 2.75) is 57.7 Å². The molecule has 0 aromatic rings. The molecule has 10 nitrogen and oxygen atoms in total. The van der Waals surface area contributed by atoms with Crippen LogP contribution in [0.4, 0.5) is 0 Å². The van der Waals surface area contributed by atoms with Crippen molar-refractivity contribution in [2.75, 3.05) is 60.2 Å². The molecule has 0 radical (unpaired) electrons. The van der Waals surface area contributed by atoms with Crippen LogP contribution in [0.25, 0.3) is 0 Å². The number of aliphatic hydroxyl groups is 1. The lowest BCUT2D eigenvalue weighted by molar-refractivity contribution is -0.150. The minimum Gasteiger partial charge on any atom is -0.390 e. The number of carbonyl (C=O) groups is 3. The van der Waals surface area contributed by atoms with E-state index >= 15 is 0 Å². The van der Waals surface area contributed by atoms with Crippen molar-refractivity contribution >= 4 is 17.7 Å². The summed E-state index contributed by atoms with van der Waals surface area (Å²) in [4.78, 5) is 42.5. The van der Waals surface area contributed by atoms with Crippen LogP contribution in [0, 0.1) is 0 Å². The van der Waals surface area contributed by atoms with Gasteiger partial charge in [0, 0.05) is 46.6 Å². The lowest BCUT2D eigenvalue weighted by Crippen LogP contribution is -2.56. The molecule has 2 atom stereocenters. The van der Waals surface area contributed by atoms with Crippen LogP contribution in [0.1, 0.15) is 40.0 Å². The Morgan fingerprint density at radius 3 is 2.29 bits per heavy atom. The first kappa shape index (κ1) is 27.3. The van der Waals surface area contributed by atoms with Gasteiger partial charge in [0.2, 0.25) is 17.7 Å². The number of likely N-dealkylation sites (N-methyl/N-ethyl adjacent to an activating group) is 2. The SMILES string of the molecule is CCCC(=O)N(C)[C@H](COCCN1CCOCC1)C(=O)N(C)[C@@H](CC(C)(C)O)C(N)=O. The largest absolute Gasteiger partial charge is 0.390 e. The lowest BCUT2D eigenvalue weighted by atomic mass is 9.97. The molecule has 3 amide bonds. The molecule has 0 aliphatic carbocycles. The fourth-order valence-electron chi connectivity index (χ4n) is 3.42. The number of morpholine rings is 1. The highest BCUT2D eigenvalue weighted by Gasteiger charge is 2.36. The monoisotopic (exact) mass is 444 g/mol. The van der Waals surface area contributed by atoms with Crippen molar-refractivity contribution in [3.63, 3.8) is 0 Å². The van der Waals surface area contributed by atoms with Gasteiger partial charge in [-0.05, 0) is 20.3 Å². The van der Waals surface area contributed by atoms with Gasteiger partial charge in [0.1, 0.15) is 12.1 Å². The molecule has 180 valence electrons. The molecule has 31 heavy (non-hydrogen) atoms. The molecule has 1 aliphatic heterocycles. The second-order valence-electron chi connectivity index (χ2n) is 8.68. The second-order valence-corrected chi connectivity index (χ2v) is 8.68. The van der Waals surface area contributed by atoms with Gasteiger partial charge in [-0.25, -0.2) is 0 Å². The van der Waals surface area contributed by atoms with E-state index < -0.39 is 29.5 Å². The number of ether oxygens (including phenoxy) is 2. The van der Waals surface area contributed by atoms with E-state index in [1.54, 1.807) is 20.9 Å². The number of rotatable bonds is 13. The Morgan fingerprint density at radius 1 is 1.16 bits per heavy atom. The van der Waals surface area contributed by atoms with Crippen molar-refractivity contribution in [3.05, 3.63) is 0 Å². The van der Waals surface area contributed by atoms with E-state index in [9.17, 15) is 19.5 Å². The van der Waals surface area contributed by atoms with Gasteiger partial charge >= 0.3 is 0 Å². The molecule has 1 fully saturated rings. The molecule has 1 rings (SSSR count). The number of nitrogens with zero attached hydrogens (tertiary/aromatic N) is 3. The average molecular weight is 445 g/mol. The number of hydrogen-bond donors (Lipinski definition) is 2. The summed E-state index contributed by atoms with van der Waals surface area (Å²) >= 11 is 0. The summed E-state index contributed by atoms with van der Waals surface area (Å²) in [7, 11) is 3.03. The zero-order chi connectivity index (χ0) is 23.6. The van der Waals surface area contributed by atoms with Gasteiger partial charge in [-0.1, -0.05) is 6.92 Å². The standard InChI is InChI=1S/C21H40N4O6/c1-6-7-18(26)23(4)17(15-31-13-10-25-8-11-30-12-9-25)20(28)24(5)16(19(22)27)14-21(2,3)29/h16-17,29H,6-15H2,1-5H3,(H2,22,27)/t16-,17+/m0/s1. The molecule has 0 aromatic carbocycles.